The molecule has 1 saturated carbocycles. The van der Waals surface area contributed by atoms with Gasteiger partial charge in [0, 0.05) is 6.54 Å². The summed E-state index contributed by atoms with van der Waals surface area (Å²) in [5, 5.41) is 2.84. The minimum absolute atomic E-state index is 0.108. The molecule has 0 radical (unpaired) electrons. The van der Waals surface area contributed by atoms with Crippen molar-refractivity contribution in [3.8, 4) is 0 Å². The molecule has 1 aliphatic rings. The van der Waals surface area contributed by atoms with Crippen molar-refractivity contribution in [2.45, 2.75) is 44.2 Å². The molecule has 1 aliphatic carbocycles. The zero-order valence-corrected chi connectivity index (χ0v) is 11.9. The number of carbonyl (C=O) groups is 1. The van der Waals surface area contributed by atoms with Crippen molar-refractivity contribution >= 4 is 5.91 Å². The Morgan fingerprint density at radius 2 is 2.00 bits per heavy atom. The van der Waals surface area contributed by atoms with Crippen molar-refractivity contribution in [1.29, 1.82) is 0 Å². The first kappa shape index (κ1) is 15.0. The van der Waals surface area contributed by atoms with Crippen LogP contribution in [0.2, 0.25) is 0 Å². The second kappa shape index (κ2) is 8.02. The molecule has 0 aliphatic heterocycles. The molecule has 4 heteroatoms. The van der Waals surface area contributed by atoms with E-state index in [1.807, 2.05) is 30.3 Å². The quantitative estimate of drug-likeness (QED) is 0.744. The van der Waals surface area contributed by atoms with E-state index in [4.69, 9.17) is 10.5 Å². The Morgan fingerprint density at radius 3 is 2.70 bits per heavy atom. The number of hydrogen-bond donors (Lipinski definition) is 2. The molecule has 0 bridgehead atoms. The summed E-state index contributed by atoms with van der Waals surface area (Å²) in [4.78, 5) is 11.9. The predicted octanol–water partition coefficient (Wildman–Crippen LogP) is 1.63. The Balaban J connectivity index is 1.61. The molecule has 110 valence electrons. The smallest absolute Gasteiger partial charge is 0.237 e. The van der Waals surface area contributed by atoms with Gasteiger partial charge in [-0.1, -0.05) is 43.2 Å². The van der Waals surface area contributed by atoms with Gasteiger partial charge in [0.05, 0.1) is 18.8 Å². The molecule has 0 saturated heterocycles. The number of ether oxygens (including phenoxy) is 1. The summed E-state index contributed by atoms with van der Waals surface area (Å²) < 4.78 is 5.70. The lowest BCUT2D eigenvalue weighted by Gasteiger charge is -2.14. The highest BCUT2D eigenvalue weighted by molar-refractivity contribution is 5.81. The molecule has 1 aromatic carbocycles. The van der Waals surface area contributed by atoms with E-state index in [9.17, 15) is 4.79 Å². The van der Waals surface area contributed by atoms with Crippen LogP contribution in [0.5, 0.6) is 0 Å². The van der Waals surface area contributed by atoms with Gasteiger partial charge in [0.15, 0.2) is 0 Å². The van der Waals surface area contributed by atoms with Crippen LogP contribution in [-0.2, 0) is 16.0 Å². The van der Waals surface area contributed by atoms with Crippen LogP contribution in [0.15, 0.2) is 30.3 Å². The van der Waals surface area contributed by atoms with Crippen molar-refractivity contribution in [3.05, 3.63) is 35.9 Å². The Bertz CT molecular complexity index is 402. The average Bonchev–Trinajstić information content (AvgIpc) is 2.97. The molecule has 4 nitrogen and oxygen atoms in total. The third-order valence-electron chi connectivity index (χ3n) is 3.69. The summed E-state index contributed by atoms with van der Waals surface area (Å²) in [6, 6.07) is 9.33. The molecule has 1 amide bonds. The molecule has 1 fully saturated rings. The zero-order chi connectivity index (χ0) is 14.2. The van der Waals surface area contributed by atoms with Gasteiger partial charge in [-0.3, -0.25) is 4.79 Å². The van der Waals surface area contributed by atoms with Gasteiger partial charge in [0.1, 0.15) is 0 Å². The summed E-state index contributed by atoms with van der Waals surface area (Å²) >= 11 is 0. The first-order valence-corrected chi connectivity index (χ1v) is 7.44. The van der Waals surface area contributed by atoms with Crippen LogP contribution in [0.1, 0.15) is 31.2 Å². The molecular formula is C16H24N2O2. The molecular weight excluding hydrogens is 252 g/mol. The molecule has 2 rings (SSSR count). The summed E-state index contributed by atoms with van der Waals surface area (Å²) in [5.41, 5.74) is 6.98. The molecule has 0 heterocycles. The van der Waals surface area contributed by atoms with Crippen LogP contribution in [-0.4, -0.2) is 31.2 Å². The van der Waals surface area contributed by atoms with Crippen LogP contribution >= 0.6 is 0 Å². The van der Waals surface area contributed by atoms with Crippen LogP contribution in [0.3, 0.4) is 0 Å². The fourth-order valence-corrected chi connectivity index (χ4v) is 2.55. The second-order valence-electron chi connectivity index (χ2n) is 5.36. The van der Waals surface area contributed by atoms with Crippen molar-refractivity contribution < 1.29 is 9.53 Å². The highest BCUT2D eigenvalue weighted by Crippen LogP contribution is 2.20. The van der Waals surface area contributed by atoms with E-state index in [0.717, 1.165) is 18.4 Å². The first-order chi connectivity index (χ1) is 9.75. The normalized spacial score (nSPS) is 17.1. The molecule has 20 heavy (non-hydrogen) atoms. The van der Waals surface area contributed by atoms with Gasteiger partial charge in [0.25, 0.3) is 0 Å². The van der Waals surface area contributed by atoms with E-state index in [1.165, 1.54) is 12.8 Å². The second-order valence-corrected chi connectivity index (χ2v) is 5.36. The third-order valence-corrected chi connectivity index (χ3v) is 3.69. The number of carbonyl (C=O) groups excluding carboxylic acids is 1. The van der Waals surface area contributed by atoms with Crippen molar-refractivity contribution in [1.82, 2.24) is 5.32 Å². The van der Waals surface area contributed by atoms with Crippen molar-refractivity contribution in [3.63, 3.8) is 0 Å². The van der Waals surface area contributed by atoms with Gasteiger partial charge in [-0.2, -0.15) is 0 Å². The zero-order valence-electron chi connectivity index (χ0n) is 11.9. The lowest BCUT2D eigenvalue weighted by atomic mass is 10.1. The Morgan fingerprint density at radius 1 is 1.30 bits per heavy atom. The molecule has 0 unspecified atom stereocenters. The molecule has 1 atom stereocenters. The fourth-order valence-electron chi connectivity index (χ4n) is 2.55. The maximum Gasteiger partial charge on any atom is 0.237 e. The topological polar surface area (TPSA) is 64.4 Å². The standard InChI is InChI=1S/C16H24N2O2/c17-15(12-13-6-2-1-3-7-13)16(19)18-10-11-20-14-8-4-5-9-14/h1-3,6-7,14-15H,4-5,8-12,17H2,(H,18,19)/t15-/m1/s1. The SMILES string of the molecule is N[C@H](Cc1ccccc1)C(=O)NCCOC1CCCC1. The Kier molecular flexibility index (Phi) is 6.02. The van der Waals surface area contributed by atoms with E-state index in [2.05, 4.69) is 5.32 Å². The summed E-state index contributed by atoms with van der Waals surface area (Å²) in [6.45, 7) is 1.12. The van der Waals surface area contributed by atoms with Gasteiger partial charge in [-0.05, 0) is 24.8 Å². The third kappa shape index (κ3) is 4.94. The van der Waals surface area contributed by atoms with Crippen LogP contribution in [0, 0.1) is 0 Å². The summed E-state index contributed by atoms with van der Waals surface area (Å²) in [7, 11) is 0. The molecule has 3 N–H and O–H groups in total. The molecule has 0 aromatic heterocycles. The first-order valence-electron chi connectivity index (χ1n) is 7.44. The minimum Gasteiger partial charge on any atom is -0.376 e. The van der Waals surface area contributed by atoms with Gasteiger partial charge < -0.3 is 15.8 Å². The number of rotatable bonds is 7. The van der Waals surface area contributed by atoms with Gasteiger partial charge in [0.2, 0.25) is 5.91 Å². The number of nitrogens with two attached hydrogens (primary N) is 1. The van der Waals surface area contributed by atoms with Gasteiger partial charge in [-0.25, -0.2) is 0 Å². The van der Waals surface area contributed by atoms with E-state index >= 15 is 0 Å². The number of amides is 1. The predicted molar refractivity (Wildman–Crippen MR) is 79.3 cm³/mol. The highest BCUT2D eigenvalue weighted by atomic mass is 16.5. The van der Waals surface area contributed by atoms with E-state index in [-0.39, 0.29) is 5.91 Å². The van der Waals surface area contributed by atoms with E-state index < -0.39 is 6.04 Å². The Hall–Kier alpha value is -1.39. The fraction of sp³-hybridized carbons (Fsp3) is 0.562. The van der Waals surface area contributed by atoms with Crippen LogP contribution < -0.4 is 11.1 Å². The maximum atomic E-state index is 11.9. The lowest BCUT2D eigenvalue weighted by Crippen LogP contribution is -2.43. The largest absolute Gasteiger partial charge is 0.376 e. The lowest BCUT2D eigenvalue weighted by molar-refractivity contribution is -0.122. The summed E-state index contributed by atoms with van der Waals surface area (Å²) in [6.07, 6.45) is 5.79. The van der Waals surface area contributed by atoms with E-state index in [0.29, 0.717) is 25.7 Å². The number of nitrogens with one attached hydrogen (secondary N) is 1. The minimum atomic E-state index is -0.496. The number of hydrogen-bond acceptors (Lipinski definition) is 3. The van der Waals surface area contributed by atoms with Gasteiger partial charge in [-0.15, -0.1) is 0 Å². The van der Waals surface area contributed by atoms with Crippen LogP contribution in [0.25, 0.3) is 0 Å². The van der Waals surface area contributed by atoms with Crippen molar-refractivity contribution in [2.75, 3.05) is 13.2 Å². The molecule has 0 spiro atoms. The molecule has 1 aromatic rings. The van der Waals surface area contributed by atoms with Crippen molar-refractivity contribution in [2.24, 2.45) is 5.73 Å². The number of benzene rings is 1. The summed E-state index contributed by atoms with van der Waals surface area (Å²) in [5.74, 6) is -0.108. The highest BCUT2D eigenvalue weighted by Gasteiger charge is 2.16. The average molecular weight is 276 g/mol. The van der Waals surface area contributed by atoms with Gasteiger partial charge >= 0.3 is 0 Å². The Labute approximate surface area is 120 Å². The maximum absolute atomic E-state index is 11.9. The van der Waals surface area contributed by atoms with E-state index in [1.54, 1.807) is 0 Å². The van der Waals surface area contributed by atoms with Crippen LogP contribution in [0.4, 0.5) is 0 Å². The monoisotopic (exact) mass is 276 g/mol.